The number of Topliss-reactive ketones (excluding diaryl/α,β-unsaturated/α-hetero) is 1. The number of aryl methyl sites for hydroxylation is 1. The molecule has 0 N–H and O–H groups in total. The molecule has 20 heavy (non-hydrogen) atoms. The summed E-state index contributed by atoms with van der Waals surface area (Å²) in [5, 5.41) is 0. The van der Waals surface area contributed by atoms with Gasteiger partial charge in [-0.3, -0.25) is 4.79 Å². The SMILES string of the molecule is Cc1cccc(SCC(=O)C2CC(C)(C)OC2(C)C)c1. The lowest BCUT2D eigenvalue weighted by Crippen LogP contribution is -2.34. The van der Waals surface area contributed by atoms with Crippen LogP contribution in [0.4, 0.5) is 0 Å². The van der Waals surface area contributed by atoms with Crippen molar-refractivity contribution >= 4 is 17.5 Å². The van der Waals surface area contributed by atoms with Crippen LogP contribution in [-0.4, -0.2) is 22.7 Å². The summed E-state index contributed by atoms with van der Waals surface area (Å²) in [6.07, 6.45) is 0.813. The van der Waals surface area contributed by atoms with E-state index in [-0.39, 0.29) is 17.1 Å². The lowest BCUT2D eigenvalue weighted by molar-refractivity contribution is -0.126. The van der Waals surface area contributed by atoms with Gasteiger partial charge in [-0.05, 0) is 53.2 Å². The van der Waals surface area contributed by atoms with Gasteiger partial charge in [0.15, 0.2) is 0 Å². The summed E-state index contributed by atoms with van der Waals surface area (Å²) in [4.78, 5) is 13.7. The highest BCUT2D eigenvalue weighted by Gasteiger charge is 2.48. The molecule has 1 aliphatic heterocycles. The first-order valence-corrected chi connectivity index (χ1v) is 8.10. The van der Waals surface area contributed by atoms with Crippen LogP contribution >= 0.6 is 11.8 Å². The first kappa shape index (κ1) is 15.6. The first-order valence-electron chi connectivity index (χ1n) is 7.12. The number of ketones is 1. The number of carbonyl (C=O) groups excluding carboxylic acids is 1. The Morgan fingerprint density at radius 2 is 2.05 bits per heavy atom. The second kappa shape index (κ2) is 5.53. The molecule has 2 rings (SSSR count). The van der Waals surface area contributed by atoms with E-state index in [1.54, 1.807) is 11.8 Å². The van der Waals surface area contributed by atoms with Crippen LogP contribution in [0.1, 0.15) is 39.7 Å². The standard InChI is InChI=1S/C17H24O2S/c1-12-7-6-8-13(9-12)20-11-15(18)14-10-16(2,3)19-17(14,4)5/h6-9,14H,10-11H2,1-5H3. The lowest BCUT2D eigenvalue weighted by Gasteiger charge is -2.26. The molecule has 0 spiro atoms. The van der Waals surface area contributed by atoms with Crippen molar-refractivity contribution in [2.24, 2.45) is 5.92 Å². The van der Waals surface area contributed by atoms with Crippen LogP contribution in [-0.2, 0) is 9.53 Å². The molecule has 0 aromatic heterocycles. The van der Waals surface area contributed by atoms with Gasteiger partial charge in [-0.2, -0.15) is 0 Å². The Labute approximate surface area is 126 Å². The Kier molecular flexibility index (Phi) is 4.31. The number of ether oxygens (including phenoxy) is 1. The zero-order chi connectivity index (χ0) is 15.0. The van der Waals surface area contributed by atoms with Crippen molar-refractivity contribution in [3.8, 4) is 0 Å². The molecular formula is C17H24O2S. The maximum absolute atomic E-state index is 12.5. The largest absolute Gasteiger partial charge is 0.369 e. The number of carbonyl (C=O) groups is 1. The minimum absolute atomic E-state index is 0.00481. The number of hydrogen-bond donors (Lipinski definition) is 0. The third-order valence-corrected chi connectivity index (χ3v) is 4.85. The highest BCUT2D eigenvalue weighted by Crippen LogP contribution is 2.42. The monoisotopic (exact) mass is 292 g/mol. The van der Waals surface area contributed by atoms with Crippen molar-refractivity contribution in [1.29, 1.82) is 0 Å². The van der Waals surface area contributed by atoms with E-state index in [1.807, 2.05) is 19.9 Å². The summed E-state index contributed by atoms with van der Waals surface area (Å²) in [6, 6.07) is 8.29. The molecule has 1 aromatic rings. The molecule has 2 nitrogen and oxygen atoms in total. The van der Waals surface area contributed by atoms with E-state index in [4.69, 9.17) is 4.74 Å². The van der Waals surface area contributed by atoms with Gasteiger partial charge in [0.05, 0.1) is 17.0 Å². The number of rotatable bonds is 4. The molecule has 1 heterocycles. The highest BCUT2D eigenvalue weighted by molar-refractivity contribution is 8.00. The molecule has 110 valence electrons. The van der Waals surface area contributed by atoms with E-state index < -0.39 is 0 Å². The van der Waals surface area contributed by atoms with Gasteiger partial charge in [0.25, 0.3) is 0 Å². The molecule has 1 fully saturated rings. The predicted molar refractivity (Wildman–Crippen MR) is 84.3 cm³/mol. The molecule has 1 unspecified atom stereocenters. The summed E-state index contributed by atoms with van der Waals surface area (Å²) in [5.74, 6) is 0.818. The van der Waals surface area contributed by atoms with Crippen LogP contribution in [0.3, 0.4) is 0 Å². The summed E-state index contributed by atoms with van der Waals surface area (Å²) < 4.78 is 6.01. The van der Waals surface area contributed by atoms with E-state index in [2.05, 4.69) is 39.0 Å². The van der Waals surface area contributed by atoms with Crippen LogP contribution in [0.2, 0.25) is 0 Å². The summed E-state index contributed by atoms with van der Waals surface area (Å²) in [5.41, 5.74) is 0.680. The zero-order valence-electron chi connectivity index (χ0n) is 13.0. The molecule has 1 atom stereocenters. The van der Waals surface area contributed by atoms with Crippen LogP contribution in [0.25, 0.3) is 0 Å². The molecular weight excluding hydrogens is 268 g/mol. The van der Waals surface area contributed by atoms with Crippen molar-refractivity contribution in [3.63, 3.8) is 0 Å². The van der Waals surface area contributed by atoms with Crippen LogP contribution in [0, 0.1) is 12.8 Å². The van der Waals surface area contributed by atoms with E-state index in [0.29, 0.717) is 11.5 Å². The van der Waals surface area contributed by atoms with Crippen molar-refractivity contribution < 1.29 is 9.53 Å². The molecule has 1 aliphatic rings. The van der Waals surface area contributed by atoms with Gasteiger partial charge in [-0.15, -0.1) is 11.8 Å². The fourth-order valence-electron chi connectivity index (χ4n) is 3.02. The van der Waals surface area contributed by atoms with Crippen molar-refractivity contribution in [2.75, 3.05) is 5.75 Å². The molecule has 0 saturated carbocycles. The smallest absolute Gasteiger partial charge is 0.149 e. The van der Waals surface area contributed by atoms with Gasteiger partial charge >= 0.3 is 0 Å². The van der Waals surface area contributed by atoms with E-state index in [9.17, 15) is 4.79 Å². The fraction of sp³-hybridized carbons (Fsp3) is 0.588. The average molecular weight is 292 g/mol. The Morgan fingerprint density at radius 3 is 2.60 bits per heavy atom. The Balaban J connectivity index is 1.99. The van der Waals surface area contributed by atoms with Crippen LogP contribution < -0.4 is 0 Å². The van der Waals surface area contributed by atoms with Gasteiger partial charge in [0, 0.05) is 10.8 Å². The van der Waals surface area contributed by atoms with Crippen LogP contribution in [0.5, 0.6) is 0 Å². The van der Waals surface area contributed by atoms with Crippen molar-refractivity contribution in [2.45, 2.75) is 57.1 Å². The Hall–Kier alpha value is -0.800. The minimum atomic E-state index is -0.353. The van der Waals surface area contributed by atoms with E-state index in [1.165, 1.54) is 5.56 Å². The first-order chi connectivity index (χ1) is 9.20. The second-order valence-electron chi connectivity index (χ2n) is 6.79. The van der Waals surface area contributed by atoms with E-state index in [0.717, 1.165) is 11.3 Å². The maximum atomic E-state index is 12.5. The quantitative estimate of drug-likeness (QED) is 0.776. The second-order valence-corrected chi connectivity index (χ2v) is 7.84. The number of thioether (sulfide) groups is 1. The maximum Gasteiger partial charge on any atom is 0.149 e. The Morgan fingerprint density at radius 1 is 1.35 bits per heavy atom. The molecule has 0 aliphatic carbocycles. The van der Waals surface area contributed by atoms with Crippen LogP contribution in [0.15, 0.2) is 29.2 Å². The Bertz CT molecular complexity index is 505. The summed E-state index contributed by atoms with van der Waals surface area (Å²) in [6.45, 7) is 10.3. The lowest BCUT2D eigenvalue weighted by atomic mass is 9.84. The molecule has 1 aromatic carbocycles. The molecule has 0 radical (unpaired) electrons. The predicted octanol–water partition coefficient (Wildman–Crippen LogP) is 4.25. The third-order valence-electron chi connectivity index (χ3n) is 3.83. The van der Waals surface area contributed by atoms with Gasteiger partial charge in [0.1, 0.15) is 5.78 Å². The molecule has 3 heteroatoms. The molecule has 1 saturated heterocycles. The normalized spacial score (nSPS) is 23.8. The third kappa shape index (κ3) is 3.64. The van der Waals surface area contributed by atoms with Gasteiger partial charge in [0.2, 0.25) is 0 Å². The van der Waals surface area contributed by atoms with Gasteiger partial charge in [-0.25, -0.2) is 0 Å². The molecule has 0 bridgehead atoms. The zero-order valence-corrected chi connectivity index (χ0v) is 13.8. The fourth-order valence-corrected chi connectivity index (χ4v) is 3.98. The van der Waals surface area contributed by atoms with Gasteiger partial charge in [-0.1, -0.05) is 17.7 Å². The van der Waals surface area contributed by atoms with Crippen molar-refractivity contribution in [3.05, 3.63) is 29.8 Å². The summed E-state index contributed by atoms with van der Waals surface area (Å²) >= 11 is 1.63. The van der Waals surface area contributed by atoms with Crippen molar-refractivity contribution in [1.82, 2.24) is 0 Å². The number of hydrogen-bond acceptors (Lipinski definition) is 3. The topological polar surface area (TPSA) is 26.3 Å². The van der Waals surface area contributed by atoms with Gasteiger partial charge < -0.3 is 4.74 Å². The average Bonchev–Trinajstić information content (AvgIpc) is 2.54. The minimum Gasteiger partial charge on any atom is -0.369 e. The number of benzene rings is 1. The van der Waals surface area contributed by atoms with E-state index >= 15 is 0 Å². The molecule has 0 amide bonds. The summed E-state index contributed by atoms with van der Waals surface area (Å²) in [7, 11) is 0. The highest BCUT2D eigenvalue weighted by atomic mass is 32.2.